The van der Waals surface area contributed by atoms with E-state index in [1.807, 2.05) is 72.6 Å². The molecule has 0 spiro atoms. The number of hydrogen-bond donors (Lipinski definition) is 1. The molecule has 0 atom stereocenters. The van der Waals surface area contributed by atoms with Crippen LogP contribution in [0.5, 0.6) is 0 Å². The average molecular weight is 490 g/mol. The number of carbonyl (C=O) groups excluding carboxylic acids is 1. The van der Waals surface area contributed by atoms with E-state index in [0.717, 1.165) is 39.3 Å². The van der Waals surface area contributed by atoms with Crippen molar-refractivity contribution >= 4 is 16.1 Å². The van der Waals surface area contributed by atoms with Crippen molar-refractivity contribution in [3.05, 3.63) is 101 Å². The first-order chi connectivity index (χ1) is 16.7. The molecule has 1 aromatic heterocycles. The molecule has 0 unspecified atom stereocenters. The number of aromatic nitrogens is 2. The number of hydrogen-bond acceptors (Lipinski definition) is 5. The van der Waals surface area contributed by atoms with Crippen LogP contribution in [0.4, 0.5) is 4.79 Å². The number of rotatable bonds is 7. The minimum atomic E-state index is -3.97. The van der Waals surface area contributed by atoms with Crippen LogP contribution in [0.2, 0.25) is 0 Å². The van der Waals surface area contributed by atoms with E-state index >= 15 is 0 Å². The summed E-state index contributed by atoms with van der Waals surface area (Å²) in [6.45, 7) is 5.95. The maximum Gasteiger partial charge on any atom is 0.421 e. The van der Waals surface area contributed by atoms with E-state index in [1.54, 1.807) is 12.1 Å². The third-order valence-electron chi connectivity index (χ3n) is 5.71. The van der Waals surface area contributed by atoms with Crippen molar-refractivity contribution in [2.75, 3.05) is 6.61 Å². The van der Waals surface area contributed by atoms with Crippen LogP contribution in [-0.2, 0) is 21.2 Å². The van der Waals surface area contributed by atoms with Crippen molar-refractivity contribution in [1.82, 2.24) is 14.5 Å². The molecule has 8 heteroatoms. The fraction of sp³-hybridized carbons (Fsp3) is 0.185. The van der Waals surface area contributed by atoms with Crippen molar-refractivity contribution in [2.24, 2.45) is 0 Å². The lowest BCUT2D eigenvalue weighted by Gasteiger charge is -2.09. The normalized spacial score (nSPS) is 11.3. The summed E-state index contributed by atoms with van der Waals surface area (Å²) in [6.07, 6.45) is -0.553. The Morgan fingerprint density at radius 3 is 2.23 bits per heavy atom. The molecule has 1 amide bonds. The lowest BCUT2D eigenvalue weighted by atomic mass is 10.0. The predicted octanol–water partition coefficient (Wildman–Crippen LogP) is 5.12. The van der Waals surface area contributed by atoms with Gasteiger partial charge in [0.1, 0.15) is 0 Å². The first-order valence-electron chi connectivity index (χ1n) is 11.2. The van der Waals surface area contributed by atoms with Crippen molar-refractivity contribution < 1.29 is 17.9 Å². The second-order valence-corrected chi connectivity index (χ2v) is 9.98. The highest BCUT2D eigenvalue weighted by molar-refractivity contribution is 7.90. The van der Waals surface area contributed by atoms with Gasteiger partial charge in [0.25, 0.3) is 10.0 Å². The Hall–Kier alpha value is -3.91. The van der Waals surface area contributed by atoms with Gasteiger partial charge < -0.3 is 4.74 Å². The number of amides is 1. The molecule has 0 saturated heterocycles. The SMILES string of the molecule is Cc1ccc(S(=O)(=O)NC(=O)OCCc2ccc(-n3nc(C)c(-c4ccccc4)c3C)cc2)cc1. The molecule has 0 fully saturated rings. The topological polar surface area (TPSA) is 90.3 Å². The van der Waals surface area contributed by atoms with Gasteiger partial charge in [-0.05, 0) is 56.2 Å². The summed E-state index contributed by atoms with van der Waals surface area (Å²) in [7, 11) is -3.97. The van der Waals surface area contributed by atoms with Gasteiger partial charge >= 0.3 is 6.09 Å². The third-order valence-corrected chi connectivity index (χ3v) is 7.04. The highest BCUT2D eigenvalue weighted by Gasteiger charge is 2.18. The fourth-order valence-corrected chi connectivity index (χ4v) is 4.79. The molecule has 0 aliphatic carbocycles. The highest BCUT2D eigenvalue weighted by atomic mass is 32.2. The maximum atomic E-state index is 12.3. The summed E-state index contributed by atoms with van der Waals surface area (Å²) < 4.78 is 33.5. The number of nitrogens with one attached hydrogen (secondary N) is 1. The van der Waals surface area contributed by atoms with E-state index in [4.69, 9.17) is 9.84 Å². The van der Waals surface area contributed by atoms with Crippen LogP contribution < -0.4 is 4.72 Å². The number of carbonyl (C=O) groups is 1. The second kappa shape index (κ2) is 10.1. The molecule has 0 radical (unpaired) electrons. The highest BCUT2D eigenvalue weighted by Crippen LogP contribution is 2.28. The van der Waals surface area contributed by atoms with Crippen LogP contribution in [0.3, 0.4) is 0 Å². The summed E-state index contributed by atoms with van der Waals surface area (Å²) in [6, 6.07) is 24.2. The zero-order valence-corrected chi connectivity index (χ0v) is 20.7. The summed E-state index contributed by atoms with van der Waals surface area (Å²) in [4.78, 5) is 12.0. The van der Waals surface area contributed by atoms with E-state index in [9.17, 15) is 13.2 Å². The van der Waals surface area contributed by atoms with Crippen LogP contribution in [0.15, 0.2) is 83.8 Å². The van der Waals surface area contributed by atoms with Gasteiger partial charge in [-0.1, -0.05) is 60.2 Å². The van der Waals surface area contributed by atoms with Crippen molar-refractivity contribution in [1.29, 1.82) is 0 Å². The van der Waals surface area contributed by atoms with Gasteiger partial charge in [-0.2, -0.15) is 5.10 Å². The molecule has 0 aliphatic rings. The molecule has 1 heterocycles. The molecule has 35 heavy (non-hydrogen) atoms. The maximum absolute atomic E-state index is 12.3. The molecule has 4 rings (SSSR count). The van der Waals surface area contributed by atoms with E-state index in [0.29, 0.717) is 6.42 Å². The Morgan fingerprint density at radius 1 is 0.914 bits per heavy atom. The largest absolute Gasteiger partial charge is 0.448 e. The van der Waals surface area contributed by atoms with Gasteiger partial charge in [0.15, 0.2) is 0 Å². The van der Waals surface area contributed by atoms with Crippen LogP contribution in [-0.4, -0.2) is 30.9 Å². The van der Waals surface area contributed by atoms with Crippen molar-refractivity contribution in [3.8, 4) is 16.8 Å². The zero-order valence-electron chi connectivity index (χ0n) is 19.9. The van der Waals surface area contributed by atoms with Gasteiger partial charge in [-0.3, -0.25) is 0 Å². The Labute approximate surface area is 205 Å². The zero-order chi connectivity index (χ0) is 25.0. The lowest BCUT2D eigenvalue weighted by molar-refractivity contribution is 0.154. The number of nitrogens with zero attached hydrogens (tertiary/aromatic N) is 2. The summed E-state index contributed by atoms with van der Waals surface area (Å²) in [5, 5.41) is 4.72. The Kier molecular flexibility index (Phi) is 7.02. The van der Waals surface area contributed by atoms with Crippen molar-refractivity contribution in [2.45, 2.75) is 32.1 Å². The van der Waals surface area contributed by atoms with Crippen LogP contribution in [0, 0.1) is 20.8 Å². The van der Waals surface area contributed by atoms with Gasteiger partial charge in [-0.15, -0.1) is 0 Å². The molecule has 4 aromatic rings. The second-order valence-electron chi connectivity index (χ2n) is 8.29. The minimum Gasteiger partial charge on any atom is -0.448 e. The minimum absolute atomic E-state index is 0.00946. The number of benzene rings is 3. The monoisotopic (exact) mass is 489 g/mol. The third kappa shape index (κ3) is 5.60. The smallest absolute Gasteiger partial charge is 0.421 e. The molecule has 0 aliphatic heterocycles. The average Bonchev–Trinajstić information content (AvgIpc) is 3.13. The van der Waals surface area contributed by atoms with Crippen LogP contribution >= 0.6 is 0 Å². The molecule has 3 aromatic carbocycles. The van der Waals surface area contributed by atoms with Gasteiger partial charge in [0.2, 0.25) is 0 Å². The van der Waals surface area contributed by atoms with E-state index < -0.39 is 16.1 Å². The van der Waals surface area contributed by atoms with Gasteiger partial charge in [-0.25, -0.2) is 22.6 Å². The number of ether oxygens (including phenoxy) is 1. The molecule has 180 valence electrons. The number of sulfonamides is 1. The summed E-state index contributed by atoms with van der Waals surface area (Å²) in [5.74, 6) is 0. The first kappa shape index (κ1) is 24.2. The Bertz CT molecular complexity index is 1430. The molecule has 0 bridgehead atoms. The predicted molar refractivity (Wildman–Crippen MR) is 135 cm³/mol. The Balaban J connectivity index is 1.36. The van der Waals surface area contributed by atoms with E-state index in [-0.39, 0.29) is 11.5 Å². The van der Waals surface area contributed by atoms with Gasteiger partial charge in [0.05, 0.1) is 22.9 Å². The molecule has 1 N–H and O–H groups in total. The molecule has 7 nitrogen and oxygen atoms in total. The van der Waals surface area contributed by atoms with Crippen molar-refractivity contribution in [3.63, 3.8) is 0 Å². The number of aryl methyl sites for hydroxylation is 2. The lowest BCUT2D eigenvalue weighted by Crippen LogP contribution is -2.31. The van der Waals surface area contributed by atoms with Crippen LogP contribution in [0.1, 0.15) is 22.5 Å². The first-order valence-corrected chi connectivity index (χ1v) is 12.7. The molecule has 0 saturated carbocycles. The van der Waals surface area contributed by atoms with E-state index in [1.165, 1.54) is 12.1 Å². The van der Waals surface area contributed by atoms with Crippen LogP contribution in [0.25, 0.3) is 16.8 Å². The molecular weight excluding hydrogens is 462 g/mol. The fourth-order valence-electron chi connectivity index (χ4n) is 3.90. The molecular formula is C27H27N3O4S. The summed E-state index contributed by atoms with van der Waals surface area (Å²) in [5.41, 5.74) is 7.06. The van der Waals surface area contributed by atoms with E-state index in [2.05, 4.69) is 12.1 Å². The standard InChI is InChI=1S/C27H27N3O4S/c1-19-9-15-25(16-10-19)35(32,33)29-27(31)34-18-17-22-11-13-24(14-12-22)30-21(3)26(20(2)28-30)23-7-5-4-6-8-23/h4-16H,17-18H2,1-3H3,(H,29,31). The quantitative estimate of drug-likeness (QED) is 0.389. The Morgan fingerprint density at radius 2 is 1.57 bits per heavy atom. The summed E-state index contributed by atoms with van der Waals surface area (Å²) >= 11 is 0. The van der Waals surface area contributed by atoms with Gasteiger partial charge in [0, 0.05) is 17.7 Å².